The Labute approximate surface area is 249 Å². The van der Waals surface area contributed by atoms with Crippen molar-refractivity contribution < 1.29 is 29.1 Å². The highest BCUT2D eigenvalue weighted by Gasteiger charge is 2.44. The van der Waals surface area contributed by atoms with Crippen LogP contribution in [-0.4, -0.2) is 56.0 Å². The van der Waals surface area contributed by atoms with Crippen LogP contribution in [0.5, 0.6) is 5.75 Å². The summed E-state index contributed by atoms with van der Waals surface area (Å²) in [6.45, 7) is 6.60. The van der Waals surface area contributed by atoms with E-state index in [0.29, 0.717) is 59.7 Å². The summed E-state index contributed by atoms with van der Waals surface area (Å²) in [6.07, 6.45) is 0.671. The highest BCUT2D eigenvalue weighted by atomic mass is 35.5. The van der Waals surface area contributed by atoms with E-state index < -0.39 is 23.5 Å². The first kappa shape index (κ1) is 29.1. The second kappa shape index (κ2) is 13.1. The number of morpholine rings is 1. The minimum atomic E-state index is -0.902. The van der Waals surface area contributed by atoms with Crippen molar-refractivity contribution in [1.82, 2.24) is 4.90 Å². The van der Waals surface area contributed by atoms with E-state index in [0.717, 1.165) is 30.8 Å². The molecule has 1 unspecified atom stereocenters. The molecule has 2 aliphatic heterocycles. The number of benzene rings is 3. The molecule has 2 saturated heterocycles. The second-order valence-corrected chi connectivity index (χ2v) is 11.2. The zero-order valence-corrected chi connectivity index (χ0v) is 24.3. The third-order valence-corrected chi connectivity index (χ3v) is 8.15. The summed E-state index contributed by atoms with van der Waals surface area (Å²) in [5.74, 6) is -1.36. The predicted octanol–water partition coefficient (Wildman–Crippen LogP) is 3.41. The van der Waals surface area contributed by atoms with Crippen molar-refractivity contribution >= 4 is 40.7 Å². The van der Waals surface area contributed by atoms with Crippen LogP contribution in [-0.2, 0) is 20.9 Å². The molecule has 0 spiro atoms. The number of nitrogens with zero attached hydrogens (tertiary/aromatic N) is 1. The van der Waals surface area contributed by atoms with Gasteiger partial charge in [0.1, 0.15) is 25.4 Å². The number of likely N-dealkylation sites (tertiary alicyclic amines) is 1. The van der Waals surface area contributed by atoms with Crippen LogP contribution in [0.4, 0.5) is 0 Å². The van der Waals surface area contributed by atoms with E-state index in [1.165, 1.54) is 9.80 Å². The van der Waals surface area contributed by atoms with Gasteiger partial charge in [0.05, 0.1) is 25.8 Å². The Morgan fingerprint density at radius 2 is 1.80 bits per heavy atom. The monoisotopic (exact) mass is 594 g/mol. The zero-order valence-electron chi connectivity index (χ0n) is 22.8. The van der Waals surface area contributed by atoms with Crippen molar-refractivity contribution in [2.75, 3.05) is 39.4 Å². The molecule has 1 atom stereocenters. The lowest BCUT2D eigenvalue weighted by Gasteiger charge is -2.29. The Bertz CT molecular complexity index is 1450. The molecular formula is C32H32Cl2N2O5. The molecule has 1 N–H and O–H groups in total. The number of ketones is 1. The summed E-state index contributed by atoms with van der Waals surface area (Å²) in [5, 5.41) is 14.6. The number of quaternary nitrogens is 1. The van der Waals surface area contributed by atoms with Crippen molar-refractivity contribution in [2.24, 2.45) is 0 Å². The first-order valence-electron chi connectivity index (χ1n) is 13.7. The highest BCUT2D eigenvalue weighted by Crippen LogP contribution is 2.42. The number of halogens is 2. The van der Waals surface area contributed by atoms with Crippen LogP contribution < -0.4 is 14.7 Å². The smallest absolute Gasteiger partial charge is 0.295 e. The number of nitrogens with one attached hydrogen (secondary N) is 1. The molecule has 0 bridgehead atoms. The third-order valence-electron chi connectivity index (χ3n) is 7.59. The fourth-order valence-corrected chi connectivity index (χ4v) is 5.91. The molecule has 2 aliphatic rings. The summed E-state index contributed by atoms with van der Waals surface area (Å²) in [7, 11) is 0. The Morgan fingerprint density at radius 3 is 2.51 bits per heavy atom. The molecule has 214 valence electrons. The van der Waals surface area contributed by atoms with Crippen LogP contribution in [0.1, 0.15) is 34.7 Å². The molecule has 2 fully saturated rings. The van der Waals surface area contributed by atoms with Gasteiger partial charge in [0, 0.05) is 28.6 Å². The summed E-state index contributed by atoms with van der Waals surface area (Å²) >= 11 is 12.7. The molecule has 0 aliphatic carbocycles. The normalized spacial score (nSPS) is 19.1. The Balaban J connectivity index is 1.44. The lowest BCUT2D eigenvalue weighted by Crippen LogP contribution is -3.14. The molecule has 5 rings (SSSR count). The van der Waals surface area contributed by atoms with Gasteiger partial charge < -0.3 is 24.4 Å². The average Bonchev–Trinajstić information content (AvgIpc) is 3.22. The molecule has 3 aromatic carbocycles. The maximum atomic E-state index is 13.9. The maximum absolute atomic E-state index is 13.9. The van der Waals surface area contributed by atoms with Gasteiger partial charge >= 0.3 is 0 Å². The van der Waals surface area contributed by atoms with Gasteiger partial charge in [-0.05, 0) is 53.4 Å². The van der Waals surface area contributed by atoms with Crippen LogP contribution in [0.15, 0.2) is 72.3 Å². The van der Waals surface area contributed by atoms with Crippen LogP contribution in [0, 0.1) is 6.92 Å². The molecule has 1 amide bonds. The largest absolute Gasteiger partial charge is 0.872 e. The number of Topliss-reactive ketones (excluding diaryl/α,β-unsaturated/α-hetero) is 1. The Hall–Kier alpha value is -3.36. The number of carbonyl (C=O) groups excluding carboxylic acids is 2. The van der Waals surface area contributed by atoms with E-state index in [9.17, 15) is 14.7 Å². The SMILES string of the molecule is Cc1cc(C([O-])=C2C(=O)C(=O)N(CCC[NH+]3CCOCC3)C2c2ccc(Cl)cc2Cl)ccc1OCc1ccccc1. The summed E-state index contributed by atoms with van der Waals surface area (Å²) in [5.41, 5.74) is 2.47. The van der Waals surface area contributed by atoms with Crippen molar-refractivity contribution in [3.05, 3.63) is 105 Å². The number of rotatable bonds is 9. The molecule has 0 saturated carbocycles. The van der Waals surface area contributed by atoms with Crippen molar-refractivity contribution in [3.63, 3.8) is 0 Å². The fourth-order valence-electron chi connectivity index (χ4n) is 5.40. The minimum absolute atomic E-state index is 0.102. The quantitative estimate of drug-likeness (QED) is 0.233. The van der Waals surface area contributed by atoms with Crippen LogP contribution in [0.2, 0.25) is 10.0 Å². The lowest BCUT2D eigenvalue weighted by atomic mass is 9.94. The molecule has 41 heavy (non-hydrogen) atoms. The van der Waals surface area contributed by atoms with Gasteiger partial charge in [-0.1, -0.05) is 71.4 Å². The molecule has 0 aromatic heterocycles. The van der Waals surface area contributed by atoms with Gasteiger partial charge in [-0.15, -0.1) is 0 Å². The van der Waals surface area contributed by atoms with E-state index >= 15 is 0 Å². The van der Waals surface area contributed by atoms with E-state index in [1.807, 2.05) is 37.3 Å². The lowest BCUT2D eigenvalue weighted by molar-refractivity contribution is -0.908. The zero-order chi connectivity index (χ0) is 28.9. The molecular weight excluding hydrogens is 563 g/mol. The van der Waals surface area contributed by atoms with Crippen LogP contribution in [0.25, 0.3) is 5.76 Å². The van der Waals surface area contributed by atoms with Crippen LogP contribution in [0.3, 0.4) is 0 Å². The molecule has 3 aromatic rings. The molecule has 7 nitrogen and oxygen atoms in total. The van der Waals surface area contributed by atoms with E-state index in [1.54, 1.807) is 36.4 Å². The number of carbonyl (C=O) groups is 2. The highest BCUT2D eigenvalue weighted by molar-refractivity contribution is 6.47. The summed E-state index contributed by atoms with van der Waals surface area (Å²) in [4.78, 5) is 29.6. The Morgan fingerprint density at radius 1 is 1.05 bits per heavy atom. The average molecular weight is 596 g/mol. The number of amides is 1. The van der Waals surface area contributed by atoms with Crippen LogP contribution >= 0.6 is 23.2 Å². The Kier molecular flexibility index (Phi) is 9.30. The second-order valence-electron chi connectivity index (χ2n) is 10.4. The first-order valence-corrected chi connectivity index (χ1v) is 14.5. The molecule has 2 heterocycles. The van der Waals surface area contributed by atoms with Crippen molar-refractivity contribution in [3.8, 4) is 5.75 Å². The third kappa shape index (κ3) is 6.60. The molecule has 0 radical (unpaired) electrons. The van der Waals surface area contributed by atoms with Gasteiger partial charge in [0.15, 0.2) is 0 Å². The van der Waals surface area contributed by atoms with E-state index in [-0.39, 0.29) is 5.57 Å². The van der Waals surface area contributed by atoms with Gasteiger partial charge in [0.2, 0.25) is 5.78 Å². The van der Waals surface area contributed by atoms with Crippen molar-refractivity contribution in [2.45, 2.75) is 26.0 Å². The minimum Gasteiger partial charge on any atom is -0.872 e. The number of hydrogen-bond donors (Lipinski definition) is 1. The topological polar surface area (TPSA) is 83.3 Å². The molecule has 9 heteroatoms. The van der Waals surface area contributed by atoms with E-state index in [2.05, 4.69) is 0 Å². The maximum Gasteiger partial charge on any atom is 0.295 e. The number of ether oxygens (including phenoxy) is 2. The first-order chi connectivity index (χ1) is 19.8. The van der Waals surface area contributed by atoms with Crippen molar-refractivity contribution in [1.29, 1.82) is 0 Å². The number of aryl methyl sites for hydroxylation is 1. The van der Waals surface area contributed by atoms with Gasteiger partial charge in [-0.25, -0.2) is 0 Å². The summed E-state index contributed by atoms with van der Waals surface area (Å²) in [6, 6.07) is 18.8. The predicted molar refractivity (Wildman–Crippen MR) is 156 cm³/mol. The number of hydrogen-bond acceptors (Lipinski definition) is 5. The fraction of sp³-hybridized carbons (Fsp3) is 0.312. The van der Waals surface area contributed by atoms with Gasteiger partial charge in [0.25, 0.3) is 5.91 Å². The summed E-state index contributed by atoms with van der Waals surface area (Å²) < 4.78 is 11.4. The standard InChI is InChI=1S/C32H32Cl2N2O5/c1-21-18-23(8-11-27(21)41-20-22-6-3-2-4-7-22)30(37)28-29(25-10-9-24(33)19-26(25)34)36(32(39)31(28)38)13-5-12-35-14-16-40-17-15-35/h2-4,6-11,18-19,29,37H,5,12-17,20H2,1H3. The van der Waals surface area contributed by atoms with Gasteiger partial charge in [-0.2, -0.15) is 0 Å². The van der Waals surface area contributed by atoms with E-state index in [4.69, 9.17) is 32.7 Å². The van der Waals surface area contributed by atoms with Gasteiger partial charge in [-0.3, -0.25) is 9.59 Å².